The van der Waals surface area contributed by atoms with Crippen molar-refractivity contribution >= 4 is 23.2 Å². The van der Waals surface area contributed by atoms with Crippen LogP contribution < -0.4 is 10.6 Å². The molecule has 2 amide bonds. The van der Waals surface area contributed by atoms with Crippen LogP contribution in [0, 0.1) is 23.6 Å². The average Bonchev–Trinajstić information content (AvgIpc) is 3.33. The average molecular weight is 384 g/mol. The highest BCUT2D eigenvalue weighted by molar-refractivity contribution is 6.42. The second-order valence-corrected chi connectivity index (χ2v) is 7.49. The molecule has 0 heterocycles. The molecular formula is C21H25FN4O2. The number of carbonyl (C=O) groups excluding carboxylic acids is 2. The molecule has 28 heavy (non-hydrogen) atoms. The number of benzene rings is 1. The minimum atomic E-state index is -0.564. The first kappa shape index (κ1) is 19.9. The summed E-state index contributed by atoms with van der Waals surface area (Å²) in [7, 11) is 0. The van der Waals surface area contributed by atoms with Gasteiger partial charge in [0.15, 0.2) is 0 Å². The van der Waals surface area contributed by atoms with Gasteiger partial charge in [-0.05, 0) is 62.5 Å². The lowest BCUT2D eigenvalue weighted by atomic mass is 9.99. The number of rotatable bonds is 7. The number of carbonyl (C=O) groups is 2. The van der Waals surface area contributed by atoms with E-state index in [0.717, 1.165) is 38.5 Å². The third-order valence-corrected chi connectivity index (χ3v) is 5.16. The predicted molar refractivity (Wildman–Crippen MR) is 106 cm³/mol. The first-order valence-corrected chi connectivity index (χ1v) is 9.62. The highest BCUT2D eigenvalue weighted by Crippen LogP contribution is 2.21. The minimum absolute atomic E-state index is 0.0594. The molecule has 0 aliphatic heterocycles. The van der Waals surface area contributed by atoms with Gasteiger partial charge in [-0.25, -0.2) is 4.39 Å². The van der Waals surface area contributed by atoms with Crippen LogP contribution in [-0.2, 0) is 4.79 Å². The molecule has 0 atom stereocenters. The molecule has 1 aromatic carbocycles. The van der Waals surface area contributed by atoms with Gasteiger partial charge in [-0.15, -0.1) is 0 Å². The smallest absolute Gasteiger partial charge is 0.269 e. The maximum atomic E-state index is 14.3. The lowest BCUT2D eigenvalue weighted by molar-refractivity contribution is -0.115. The maximum absolute atomic E-state index is 14.3. The van der Waals surface area contributed by atoms with E-state index in [2.05, 4.69) is 10.6 Å². The summed E-state index contributed by atoms with van der Waals surface area (Å²) in [5.41, 5.74) is 0.367. The van der Waals surface area contributed by atoms with Crippen molar-refractivity contribution in [3.63, 3.8) is 0 Å². The zero-order valence-corrected chi connectivity index (χ0v) is 15.9. The first-order chi connectivity index (χ1) is 13.3. The van der Waals surface area contributed by atoms with Gasteiger partial charge in [0, 0.05) is 23.2 Å². The highest BCUT2D eigenvalue weighted by atomic mass is 19.1. The second-order valence-electron chi connectivity index (χ2n) is 7.49. The number of hydrogen-bond donors (Lipinski definition) is 4. The Kier molecular flexibility index (Phi) is 6.02. The Morgan fingerprint density at radius 2 is 1.68 bits per heavy atom. The molecule has 7 heteroatoms. The van der Waals surface area contributed by atoms with E-state index >= 15 is 0 Å². The van der Waals surface area contributed by atoms with Gasteiger partial charge in [-0.3, -0.25) is 15.0 Å². The molecule has 148 valence electrons. The van der Waals surface area contributed by atoms with Gasteiger partial charge in [-0.1, -0.05) is 12.8 Å². The Bertz CT molecular complexity index is 852. The Labute approximate surface area is 163 Å². The van der Waals surface area contributed by atoms with Crippen LogP contribution in [0.5, 0.6) is 0 Å². The third kappa shape index (κ3) is 4.91. The van der Waals surface area contributed by atoms with E-state index in [1.807, 2.05) is 0 Å². The van der Waals surface area contributed by atoms with Crippen LogP contribution in [-0.4, -0.2) is 35.3 Å². The fraction of sp³-hybridized carbons (Fsp3) is 0.429. The van der Waals surface area contributed by atoms with Crippen LogP contribution in [0.3, 0.4) is 0 Å². The molecule has 2 fully saturated rings. The number of allylic oxidation sites excluding steroid dienone is 1. The van der Waals surface area contributed by atoms with E-state index in [-0.39, 0.29) is 46.1 Å². The van der Waals surface area contributed by atoms with E-state index in [1.54, 1.807) is 0 Å². The summed E-state index contributed by atoms with van der Waals surface area (Å²) in [6.45, 7) is 1.54. The largest absolute Gasteiger partial charge is 0.349 e. The van der Waals surface area contributed by atoms with Crippen LogP contribution in [0.1, 0.15) is 60.0 Å². The van der Waals surface area contributed by atoms with Crippen molar-refractivity contribution in [2.24, 2.45) is 0 Å². The maximum Gasteiger partial charge on any atom is 0.269 e. The molecule has 2 aliphatic rings. The van der Waals surface area contributed by atoms with Crippen LogP contribution in [0.15, 0.2) is 24.3 Å². The van der Waals surface area contributed by atoms with Crippen LogP contribution in [0.25, 0.3) is 0 Å². The highest BCUT2D eigenvalue weighted by Gasteiger charge is 2.25. The molecule has 2 saturated carbocycles. The molecular weight excluding hydrogens is 359 g/mol. The number of halogens is 1. The molecule has 1 aromatic rings. The third-order valence-electron chi connectivity index (χ3n) is 5.16. The van der Waals surface area contributed by atoms with Crippen molar-refractivity contribution in [2.75, 3.05) is 0 Å². The van der Waals surface area contributed by atoms with Crippen molar-refractivity contribution in [1.82, 2.24) is 10.6 Å². The molecule has 0 aromatic heterocycles. The van der Waals surface area contributed by atoms with Crippen molar-refractivity contribution < 1.29 is 14.0 Å². The monoisotopic (exact) mass is 384 g/mol. The molecule has 0 spiro atoms. The van der Waals surface area contributed by atoms with Crippen molar-refractivity contribution in [2.45, 2.75) is 57.5 Å². The van der Waals surface area contributed by atoms with Crippen LogP contribution in [0.2, 0.25) is 0 Å². The van der Waals surface area contributed by atoms with Crippen molar-refractivity contribution in [1.29, 1.82) is 10.8 Å². The number of amides is 2. The Morgan fingerprint density at radius 1 is 1.04 bits per heavy atom. The second kappa shape index (κ2) is 8.46. The molecule has 0 unspecified atom stereocenters. The topological polar surface area (TPSA) is 106 Å². The molecule has 0 radical (unpaired) electrons. The lowest BCUT2D eigenvalue weighted by Gasteiger charge is -2.11. The van der Waals surface area contributed by atoms with Gasteiger partial charge in [0.2, 0.25) is 0 Å². The van der Waals surface area contributed by atoms with Gasteiger partial charge in [0.1, 0.15) is 11.5 Å². The molecule has 6 nitrogen and oxygen atoms in total. The van der Waals surface area contributed by atoms with E-state index in [0.29, 0.717) is 0 Å². The number of nitrogens with one attached hydrogen (secondary N) is 4. The Morgan fingerprint density at radius 3 is 2.32 bits per heavy atom. The molecule has 3 rings (SSSR count). The van der Waals surface area contributed by atoms with E-state index in [4.69, 9.17) is 10.8 Å². The summed E-state index contributed by atoms with van der Waals surface area (Å²) in [5.74, 6) is -1.40. The summed E-state index contributed by atoms with van der Waals surface area (Å²) >= 11 is 0. The fourth-order valence-corrected chi connectivity index (χ4v) is 3.25. The van der Waals surface area contributed by atoms with Crippen LogP contribution >= 0.6 is 0 Å². The van der Waals surface area contributed by atoms with Gasteiger partial charge < -0.3 is 16.0 Å². The Hall–Kier alpha value is -2.83. The van der Waals surface area contributed by atoms with Gasteiger partial charge in [-0.2, -0.15) is 0 Å². The lowest BCUT2D eigenvalue weighted by Crippen LogP contribution is -2.36. The van der Waals surface area contributed by atoms with Gasteiger partial charge in [0.25, 0.3) is 11.8 Å². The zero-order valence-electron chi connectivity index (χ0n) is 15.9. The van der Waals surface area contributed by atoms with E-state index in [1.165, 1.54) is 31.2 Å². The normalized spacial score (nSPS) is 16.9. The SMILES string of the molecule is Cc1c(F)cc(C(=O)NC2CC2)cc1C(=N)/C=C\C(=N)C(=O)NC1CCCC1. The molecule has 2 aliphatic carbocycles. The van der Waals surface area contributed by atoms with E-state index < -0.39 is 11.7 Å². The first-order valence-electron chi connectivity index (χ1n) is 9.62. The fourth-order valence-electron chi connectivity index (χ4n) is 3.25. The van der Waals surface area contributed by atoms with Gasteiger partial charge >= 0.3 is 0 Å². The quantitative estimate of drug-likeness (QED) is 0.543. The molecule has 4 N–H and O–H groups in total. The minimum Gasteiger partial charge on any atom is -0.349 e. The number of hydrogen-bond acceptors (Lipinski definition) is 4. The zero-order chi connectivity index (χ0) is 20.3. The summed E-state index contributed by atoms with van der Waals surface area (Å²) in [6.07, 6.45) is 8.39. The van der Waals surface area contributed by atoms with Crippen molar-refractivity contribution in [3.05, 3.63) is 46.8 Å². The standard InChI is InChI=1S/C21H25FN4O2/c1-12-16(10-13(11-17(12)22)20(27)25-15-6-7-15)18(23)8-9-19(24)21(28)26-14-4-2-3-5-14/h8-11,14-15,23-24H,2-7H2,1H3,(H,25,27)(H,26,28)/b9-8-,23-18?,24-19?. The van der Waals surface area contributed by atoms with Gasteiger partial charge in [0.05, 0.1) is 5.71 Å². The predicted octanol–water partition coefficient (Wildman–Crippen LogP) is 3.03. The molecule has 0 bridgehead atoms. The summed E-state index contributed by atoms with van der Waals surface area (Å²) < 4.78 is 14.3. The summed E-state index contributed by atoms with van der Waals surface area (Å²) in [6, 6.07) is 2.91. The molecule has 0 saturated heterocycles. The van der Waals surface area contributed by atoms with E-state index in [9.17, 15) is 14.0 Å². The summed E-state index contributed by atoms with van der Waals surface area (Å²) in [5, 5.41) is 21.7. The van der Waals surface area contributed by atoms with Crippen molar-refractivity contribution in [3.8, 4) is 0 Å². The van der Waals surface area contributed by atoms with Crippen LogP contribution in [0.4, 0.5) is 4.39 Å². The Balaban J connectivity index is 1.69. The summed E-state index contributed by atoms with van der Waals surface area (Å²) in [4.78, 5) is 24.3.